The summed E-state index contributed by atoms with van der Waals surface area (Å²) in [5.74, 6) is 1.05. The van der Waals surface area contributed by atoms with Crippen LogP contribution in [0, 0.1) is 0 Å². The van der Waals surface area contributed by atoms with Crippen molar-refractivity contribution in [1.82, 2.24) is 10.6 Å². The Morgan fingerprint density at radius 1 is 1.23 bits per heavy atom. The van der Waals surface area contributed by atoms with E-state index in [1.165, 1.54) is 0 Å². The van der Waals surface area contributed by atoms with Gasteiger partial charge in [0.15, 0.2) is 18.1 Å². The minimum atomic E-state index is -0.264. The molecule has 126 valence electrons. The van der Waals surface area contributed by atoms with Gasteiger partial charge < -0.3 is 20.1 Å². The van der Waals surface area contributed by atoms with Crippen LogP contribution in [0.3, 0.4) is 0 Å². The Bertz CT molecular complexity index is 473. The van der Waals surface area contributed by atoms with Crippen LogP contribution >= 0.6 is 12.4 Å². The third-order valence-electron chi connectivity index (χ3n) is 2.68. The molecule has 0 bridgehead atoms. The predicted octanol–water partition coefficient (Wildman–Crippen LogP) is 2.52. The van der Waals surface area contributed by atoms with Crippen molar-refractivity contribution >= 4 is 18.3 Å². The molecule has 0 aliphatic rings. The van der Waals surface area contributed by atoms with Crippen LogP contribution in [0.2, 0.25) is 0 Å². The molecule has 0 aliphatic carbocycles. The maximum Gasteiger partial charge on any atom is 0.258 e. The van der Waals surface area contributed by atoms with E-state index in [0.717, 1.165) is 18.7 Å². The van der Waals surface area contributed by atoms with Crippen molar-refractivity contribution in [2.45, 2.75) is 39.8 Å². The third kappa shape index (κ3) is 7.52. The van der Waals surface area contributed by atoms with Gasteiger partial charge in [0.05, 0.1) is 7.11 Å². The second-order valence-electron chi connectivity index (χ2n) is 5.85. The average molecular weight is 331 g/mol. The van der Waals surface area contributed by atoms with Crippen molar-refractivity contribution < 1.29 is 14.3 Å². The van der Waals surface area contributed by atoms with Crippen molar-refractivity contribution in [2.24, 2.45) is 0 Å². The van der Waals surface area contributed by atoms with Gasteiger partial charge in [-0.05, 0) is 45.0 Å². The first-order valence-corrected chi connectivity index (χ1v) is 7.17. The van der Waals surface area contributed by atoms with E-state index >= 15 is 0 Å². The summed E-state index contributed by atoms with van der Waals surface area (Å²) < 4.78 is 10.9. The topological polar surface area (TPSA) is 59.6 Å². The molecule has 0 saturated carbocycles. The predicted molar refractivity (Wildman–Crippen MR) is 91.0 cm³/mol. The number of halogens is 1. The maximum absolute atomic E-state index is 11.8. The molecule has 1 rings (SSSR count). The van der Waals surface area contributed by atoms with Gasteiger partial charge in [-0.3, -0.25) is 4.79 Å². The number of benzene rings is 1. The molecule has 0 aliphatic heterocycles. The molecule has 1 aromatic carbocycles. The van der Waals surface area contributed by atoms with Crippen LogP contribution < -0.4 is 20.1 Å². The average Bonchev–Trinajstić information content (AvgIpc) is 2.41. The third-order valence-corrected chi connectivity index (χ3v) is 2.68. The summed E-state index contributed by atoms with van der Waals surface area (Å²) in [6, 6.07) is 5.71. The lowest BCUT2D eigenvalue weighted by atomic mass is 10.1. The zero-order chi connectivity index (χ0) is 15.9. The van der Waals surface area contributed by atoms with Gasteiger partial charge in [-0.1, -0.05) is 13.0 Å². The lowest BCUT2D eigenvalue weighted by molar-refractivity contribution is -0.124. The number of amides is 1. The highest BCUT2D eigenvalue weighted by Gasteiger charge is 2.15. The molecule has 0 heterocycles. The summed E-state index contributed by atoms with van der Waals surface area (Å²) in [6.45, 7) is 9.51. The van der Waals surface area contributed by atoms with E-state index in [4.69, 9.17) is 9.47 Å². The van der Waals surface area contributed by atoms with Gasteiger partial charge in [0.25, 0.3) is 5.91 Å². The van der Waals surface area contributed by atoms with Crippen LogP contribution in [0.15, 0.2) is 18.2 Å². The van der Waals surface area contributed by atoms with Gasteiger partial charge in [-0.2, -0.15) is 0 Å². The fraction of sp³-hybridized carbons (Fsp3) is 0.562. The molecule has 1 amide bonds. The fourth-order valence-corrected chi connectivity index (χ4v) is 1.81. The van der Waals surface area contributed by atoms with Gasteiger partial charge in [-0.25, -0.2) is 0 Å². The molecule has 0 unspecified atom stereocenters. The second kappa shape index (κ2) is 9.54. The number of hydrogen-bond acceptors (Lipinski definition) is 4. The molecular formula is C16H27ClN2O3. The first-order valence-electron chi connectivity index (χ1n) is 7.17. The number of carbonyl (C=O) groups excluding carboxylic acids is 1. The summed E-state index contributed by atoms with van der Waals surface area (Å²) in [6.07, 6.45) is 0. The van der Waals surface area contributed by atoms with Crippen molar-refractivity contribution in [3.8, 4) is 11.5 Å². The lowest BCUT2D eigenvalue weighted by Gasteiger charge is -2.20. The molecular weight excluding hydrogens is 304 g/mol. The quantitative estimate of drug-likeness (QED) is 0.806. The maximum atomic E-state index is 11.8. The Morgan fingerprint density at radius 2 is 1.91 bits per heavy atom. The molecule has 1 aromatic rings. The molecule has 0 spiro atoms. The van der Waals surface area contributed by atoms with Gasteiger partial charge in [0.1, 0.15) is 0 Å². The zero-order valence-corrected chi connectivity index (χ0v) is 14.8. The normalized spacial score (nSPS) is 10.6. The van der Waals surface area contributed by atoms with Crippen LogP contribution in [0.25, 0.3) is 0 Å². The molecule has 2 N–H and O–H groups in total. The van der Waals surface area contributed by atoms with Crippen LogP contribution in [0.4, 0.5) is 0 Å². The number of carbonyl (C=O) groups is 1. The Balaban J connectivity index is 0.00000441. The number of hydrogen-bond donors (Lipinski definition) is 2. The van der Waals surface area contributed by atoms with E-state index in [1.54, 1.807) is 7.11 Å². The molecule has 0 saturated heterocycles. The SMILES string of the molecule is CCNCc1ccc(OCC(=O)NC(C)(C)C)c(OC)c1.Cl. The molecule has 6 heteroatoms. The molecule has 22 heavy (non-hydrogen) atoms. The Hall–Kier alpha value is -1.46. The molecule has 0 atom stereocenters. The number of nitrogens with one attached hydrogen (secondary N) is 2. The highest BCUT2D eigenvalue weighted by atomic mass is 35.5. The van der Waals surface area contributed by atoms with E-state index in [2.05, 4.69) is 17.6 Å². The van der Waals surface area contributed by atoms with Crippen molar-refractivity contribution in [3.63, 3.8) is 0 Å². The summed E-state index contributed by atoms with van der Waals surface area (Å²) in [5.41, 5.74) is 0.848. The van der Waals surface area contributed by atoms with Crippen molar-refractivity contribution in [2.75, 3.05) is 20.3 Å². The van der Waals surface area contributed by atoms with Gasteiger partial charge in [-0.15, -0.1) is 12.4 Å². The lowest BCUT2D eigenvalue weighted by Crippen LogP contribution is -2.43. The van der Waals surface area contributed by atoms with Crippen LogP contribution in [-0.2, 0) is 11.3 Å². The van der Waals surface area contributed by atoms with E-state index < -0.39 is 0 Å². The van der Waals surface area contributed by atoms with Gasteiger partial charge in [0.2, 0.25) is 0 Å². The Labute approximate surface area is 139 Å². The Kier molecular flexibility index (Phi) is 8.90. The van der Waals surface area contributed by atoms with Crippen LogP contribution in [0.5, 0.6) is 11.5 Å². The largest absolute Gasteiger partial charge is 0.493 e. The molecule has 0 radical (unpaired) electrons. The van der Waals surface area contributed by atoms with Crippen LogP contribution in [-0.4, -0.2) is 31.7 Å². The van der Waals surface area contributed by atoms with Crippen molar-refractivity contribution in [3.05, 3.63) is 23.8 Å². The summed E-state index contributed by atoms with van der Waals surface area (Å²) in [4.78, 5) is 11.8. The molecule has 0 aromatic heterocycles. The van der Waals surface area contributed by atoms with E-state index in [0.29, 0.717) is 11.5 Å². The number of methoxy groups -OCH3 is 1. The van der Waals surface area contributed by atoms with E-state index in [9.17, 15) is 4.79 Å². The first kappa shape index (κ1) is 20.5. The summed E-state index contributed by atoms with van der Waals surface area (Å²) in [7, 11) is 1.59. The smallest absolute Gasteiger partial charge is 0.258 e. The Morgan fingerprint density at radius 3 is 2.45 bits per heavy atom. The molecule has 0 fully saturated rings. The summed E-state index contributed by atoms with van der Waals surface area (Å²) in [5, 5.41) is 6.10. The highest BCUT2D eigenvalue weighted by molar-refractivity contribution is 5.85. The standard InChI is InChI=1S/C16H26N2O3.ClH/c1-6-17-10-12-7-8-13(14(9-12)20-5)21-11-15(19)18-16(2,3)4;/h7-9,17H,6,10-11H2,1-5H3,(H,18,19);1H. The van der Waals surface area contributed by atoms with Crippen molar-refractivity contribution in [1.29, 1.82) is 0 Å². The zero-order valence-electron chi connectivity index (χ0n) is 14.0. The number of ether oxygens (including phenoxy) is 2. The first-order chi connectivity index (χ1) is 9.85. The second-order valence-corrected chi connectivity index (χ2v) is 5.85. The van der Waals surface area contributed by atoms with Gasteiger partial charge >= 0.3 is 0 Å². The minimum absolute atomic E-state index is 0. The highest BCUT2D eigenvalue weighted by Crippen LogP contribution is 2.28. The van der Waals surface area contributed by atoms with Crippen LogP contribution in [0.1, 0.15) is 33.3 Å². The van der Waals surface area contributed by atoms with E-state index in [-0.39, 0.29) is 30.5 Å². The van der Waals surface area contributed by atoms with E-state index in [1.807, 2.05) is 39.0 Å². The molecule has 5 nitrogen and oxygen atoms in total. The minimum Gasteiger partial charge on any atom is -0.493 e. The van der Waals surface area contributed by atoms with Gasteiger partial charge in [0, 0.05) is 12.1 Å². The number of rotatable bonds is 7. The summed E-state index contributed by atoms with van der Waals surface area (Å²) >= 11 is 0. The fourth-order valence-electron chi connectivity index (χ4n) is 1.81. The monoisotopic (exact) mass is 330 g/mol.